The van der Waals surface area contributed by atoms with Gasteiger partial charge in [0.15, 0.2) is 0 Å². The van der Waals surface area contributed by atoms with Crippen molar-refractivity contribution in [3.8, 4) is 0 Å². The monoisotopic (exact) mass is 224 g/mol. The van der Waals surface area contributed by atoms with Crippen LogP contribution in [0.25, 0.3) is 0 Å². The molecule has 3 nitrogen and oxygen atoms in total. The van der Waals surface area contributed by atoms with E-state index in [1.165, 1.54) is 18.4 Å². The van der Waals surface area contributed by atoms with Gasteiger partial charge in [-0.1, -0.05) is 6.92 Å². The molecule has 1 heterocycles. The molecule has 1 rings (SSSR count). The van der Waals surface area contributed by atoms with E-state index in [1.807, 2.05) is 13.0 Å². The molecule has 1 unspecified atom stereocenters. The van der Waals surface area contributed by atoms with Gasteiger partial charge in [-0.05, 0) is 51.9 Å². The van der Waals surface area contributed by atoms with Crippen LogP contribution in [0.5, 0.6) is 0 Å². The second-order valence-electron chi connectivity index (χ2n) is 4.72. The largest absolute Gasteiger partial charge is 0.469 e. The van der Waals surface area contributed by atoms with Gasteiger partial charge in [-0.25, -0.2) is 0 Å². The molecule has 0 spiro atoms. The van der Waals surface area contributed by atoms with Gasteiger partial charge < -0.3 is 15.1 Å². The smallest absolute Gasteiger partial charge is 0.105 e. The second kappa shape index (κ2) is 6.71. The van der Waals surface area contributed by atoms with E-state index in [2.05, 4.69) is 18.9 Å². The predicted octanol–water partition coefficient (Wildman–Crippen LogP) is 2.39. The van der Waals surface area contributed by atoms with E-state index in [0.717, 1.165) is 25.4 Å². The highest BCUT2D eigenvalue weighted by atomic mass is 16.3. The topological polar surface area (TPSA) is 42.4 Å². The quantitative estimate of drug-likeness (QED) is 0.773. The molecule has 1 aromatic heterocycles. The number of nitrogens with two attached hydrogens (primary N) is 1. The molecule has 92 valence electrons. The molecule has 0 bridgehead atoms. The number of furan rings is 1. The third-order valence-corrected chi connectivity index (χ3v) is 3.05. The minimum atomic E-state index is 0.643. The van der Waals surface area contributed by atoms with Gasteiger partial charge in [0.2, 0.25) is 0 Å². The van der Waals surface area contributed by atoms with Crippen molar-refractivity contribution in [1.29, 1.82) is 0 Å². The number of aryl methyl sites for hydroxylation is 1. The van der Waals surface area contributed by atoms with Crippen molar-refractivity contribution in [1.82, 2.24) is 4.90 Å². The predicted molar refractivity (Wildman–Crippen MR) is 67.2 cm³/mol. The normalized spacial score (nSPS) is 13.3. The fourth-order valence-corrected chi connectivity index (χ4v) is 1.77. The van der Waals surface area contributed by atoms with E-state index < -0.39 is 0 Å². The molecule has 0 amide bonds. The van der Waals surface area contributed by atoms with Gasteiger partial charge >= 0.3 is 0 Å². The van der Waals surface area contributed by atoms with E-state index in [9.17, 15) is 0 Å². The Labute approximate surface area is 98.6 Å². The van der Waals surface area contributed by atoms with Crippen LogP contribution in [0.1, 0.15) is 31.1 Å². The summed E-state index contributed by atoms with van der Waals surface area (Å²) >= 11 is 0. The van der Waals surface area contributed by atoms with Gasteiger partial charge in [-0.15, -0.1) is 0 Å². The lowest BCUT2D eigenvalue weighted by atomic mass is 10.1. The van der Waals surface area contributed by atoms with Crippen LogP contribution in [0, 0.1) is 12.8 Å². The molecule has 0 saturated carbocycles. The number of hydrogen-bond donors (Lipinski definition) is 1. The zero-order chi connectivity index (χ0) is 12.0. The first kappa shape index (κ1) is 13.3. The Balaban J connectivity index is 2.21. The standard InChI is InChI=1S/C13H24N2O/c1-11(9-14)5-4-7-15(3)10-13-6-8-16-12(13)2/h6,8,11H,4-5,7,9-10,14H2,1-3H3. The van der Waals surface area contributed by atoms with Crippen molar-refractivity contribution in [3.63, 3.8) is 0 Å². The first-order chi connectivity index (χ1) is 7.63. The van der Waals surface area contributed by atoms with Crippen LogP contribution in [0.15, 0.2) is 16.7 Å². The molecule has 0 aromatic carbocycles. The fourth-order valence-electron chi connectivity index (χ4n) is 1.77. The van der Waals surface area contributed by atoms with Crippen LogP contribution >= 0.6 is 0 Å². The number of rotatable bonds is 7. The highest BCUT2D eigenvalue weighted by Crippen LogP contribution is 2.12. The molecule has 1 atom stereocenters. The van der Waals surface area contributed by atoms with Crippen molar-refractivity contribution in [2.24, 2.45) is 11.7 Å². The first-order valence-electron chi connectivity index (χ1n) is 6.05. The maximum absolute atomic E-state index is 5.59. The number of nitrogens with zero attached hydrogens (tertiary/aromatic N) is 1. The Morgan fingerprint density at radius 2 is 2.25 bits per heavy atom. The zero-order valence-electron chi connectivity index (χ0n) is 10.7. The lowest BCUT2D eigenvalue weighted by Gasteiger charge is -2.17. The van der Waals surface area contributed by atoms with Gasteiger partial charge in [-0.2, -0.15) is 0 Å². The maximum atomic E-state index is 5.59. The molecule has 2 N–H and O–H groups in total. The molecule has 0 saturated heterocycles. The molecule has 0 fully saturated rings. The summed E-state index contributed by atoms with van der Waals surface area (Å²) in [7, 11) is 2.15. The van der Waals surface area contributed by atoms with E-state index in [1.54, 1.807) is 6.26 Å². The lowest BCUT2D eigenvalue weighted by Crippen LogP contribution is -2.20. The van der Waals surface area contributed by atoms with Gasteiger partial charge in [0.05, 0.1) is 6.26 Å². The highest BCUT2D eigenvalue weighted by Gasteiger charge is 2.06. The van der Waals surface area contributed by atoms with E-state index in [-0.39, 0.29) is 0 Å². The SMILES string of the molecule is Cc1occc1CN(C)CCCC(C)CN. The molecule has 0 aliphatic rings. The average molecular weight is 224 g/mol. The molecule has 0 aliphatic carbocycles. The van der Waals surface area contributed by atoms with Gasteiger partial charge in [0.1, 0.15) is 5.76 Å². The molecule has 3 heteroatoms. The van der Waals surface area contributed by atoms with E-state index in [0.29, 0.717) is 5.92 Å². The minimum Gasteiger partial charge on any atom is -0.469 e. The summed E-state index contributed by atoms with van der Waals surface area (Å²) in [4.78, 5) is 2.33. The average Bonchev–Trinajstić information content (AvgIpc) is 2.64. The summed E-state index contributed by atoms with van der Waals surface area (Å²) in [6, 6.07) is 2.05. The zero-order valence-corrected chi connectivity index (χ0v) is 10.7. The highest BCUT2D eigenvalue weighted by molar-refractivity contribution is 5.14. The summed E-state index contributed by atoms with van der Waals surface area (Å²) in [6.45, 7) is 7.11. The van der Waals surface area contributed by atoms with Gasteiger partial charge in [0.25, 0.3) is 0 Å². The van der Waals surface area contributed by atoms with Crippen LogP contribution in [-0.2, 0) is 6.54 Å². The van der Waals surface area contributed by atoms with E-state index in [4.69, 9.17) is 10.2 Å². The summed E-state index contributed by atoms with van der Waals surface area (Å²) in [5, 5.41) is 0. The Hall–Kier alpha value is -0.800. The molecule has 16 heavy (non-hydrogen) atoms. The summed E-state index contributed by atoms with van der Waals surface area (Å²) < 4.78 is 5.28. The molecule has 0 aliphatic heterocycles. The molecule has 1 aromatic rings. The molecule has 0 radical (unpaired) electrons. The van der Waals surface area contributed by atoms with Crippen LogP contribution in [-0.4, -0.2) is 25.0 Å². The minimum absolute atomic E-state index is 0.643. The fraction of sp³-hybridized carbons (Fsp3) is 0.692. The molecular weight excluding hydrogens is 200 g/mol. The Morgan fingerprint density at radius 3 is 2.81 bits per heavy atom. The lowest BCUT2D eigenvalue weighted by molar-refractivity contribution is 0.306. The van der Waals surface area contributed by atoms with Crippen molar-refractivity contribution in [2.75, 3.05) is 20.1 Å². The van der Waals surface area contributed by atoms with Crippen LogP contribution in [0.2, 0.25) is 0 Å². The van der Waals surface area contributed by atoms with Crippen molar-refractivity contribution in [2.45, 2.75) is 33.2 Å². The summed E-state index contributed by atoms with van der Waals surface area (Å²) in [5.74, 6) is 1.67. The third kappa shape index (κ3) is 4.37. The van der Waals surface area contributed by atoms with E-state index >= 15 is 0 Å². The first-order valence-corrected chi connectivity index (χ1v) is 6.05. The van der Waals surface area contributed by atoms with Crippen LogP contribution in [0.4, 0.5) is 0 Å². The van der Waals surface area contributed by atoms with Crippen LogP contribution in [0.3, 0.4) is 0 Å². The number of hydrogen-bond acceptors (Lipinski definition) is 3. The van der Waals surface area contributed by atoms with Gasteiger partial charge in [0, 0.05) is 12.1 Å². The molecular formula is C13H24N2O. The Kier molecular flexibility index (Phi) is 5.56. The second-order valence-corrected chi connectivity index (χ2v) is 4.72. The third-order valence-electron chi connectivity index (χ3n) is 3.05. The summed E-state index contributed by atoms with van der Waals surface area (Å²) in [5.41, 5.74) is 6.88. The Morgan fingerprint density at radius 1 is 1.50 bits per heavy atom. The van der Waals surface area contributed by atoms with Crippen molar-refractivity contribution < 1.29 is 4.42 Å². The maximum Gasteiger partial charge on any atom is 0.105 e. The summed E-state index contributed by atoms with van der Waals surface area (Å²) in [6.07, 6.45) is 4.19. The van der Waals surface area contributed by atoms with Crippen LogP contribution < -0.4 is 5.73 Å². The van der Waals surface area contributed by atoms with Crippen molar-refractivity contribution >= 4 is 0 Å². The van der Waals surface area contributed by atoms with Crippen molar-refractivity contribution in [3.05, 3.63) is 23.7 Å². The van der Waals surface area contributed by atoms with Gasteiger partial charge in [-0.3, -0.25) is 0 Å². The Bertz CT molecular complexity index is 296.